The maximum absolute atomic E-state index is 5.36. The van der Waals surface area contributed by atoms with E-state index in [0.29, 0.717) is 0 Å². The van der Waals surface area contributed by atoms with E-state index in [4.69, 9.17) is 9.98 Å². The SMILES string of the molecule is CC1(c2ccccc2)N=c2cc3c(cc2N1c1ccccc1)=Nc1ccccc1N3c1ccccc1. The molecule has 2 heterocycles. The van der Waals surface area contributed by atoms with Gasteiger partial charge in [0.05, 0.1) is 33.5 Å². The lowest BCUT2D eigenvalue weighted by Crippen LogP contribution is -2.36. The van der Waals surface area contributed by atoms with Gasteiger partial charge in [-0.2, -0.15) is 0 Å². The molecule has 172 valence electrons. The molecule has 0 spiro atoms. The molecule has 7 rings (SSSR count). The van der Waals surface area contributed by atoms with Gasteiger partial charge < -0.3 is 9.80 Å². The molecule has 1 atom stereocenters. The molecular weight excluding hydrogens is 440 g/mol. The first-order valence-electron chi connectivity index (χ1n) is 12.2. The molecule has 0 aliphatic carbocycles. The third kappa shape index (κ3) is 3.08. The highest BCUT2D eigenvalue weighted by atomic mass is 15.3. The van der Waals surface area contributed by atoms with E-state index in [0.717, 1.165) is 50.4 Å². The molecule has 5 aromatic carbocycles. The zero-order valence-corrected chi connectivity index (χ0v) is 19.9. The minimum atomic E-state index is -0.584. The lowest BCUT2D eigenvalue weighted by molar-refractivity contribution is 0.519. The zero-order chi connectivity index (χ0) is 24.1. The summed E-state index contributed by atoms with van der Waals surface area (Å²) in [5.74, 6) is 0. The monoisotopic (exact) mass is 464 g/mol. The Balaban J connectivity index is 1.52. The van der Waals surface area contributed by atoms with Crippen LogP contribution in [0.4, 0.5) is 34.1 Å². The molecule has 4 nitrogen and oxygen atoms in total. The fraction of sp³-hybridized carbons (Fsp3) is 0.0625. The average Bonchev–Trinajstić information content (AvgIpc) is 3.23. The maximum atomic E-state index is 5.36. The van der Waals surface area contributed by atoms with Crippen LogP contribution in [-0.4, -0.2) is 0 Å². The topological polar surface area (TPSA) is 31.2 Å². The molecule has 1 unspecified atom stereocenters. The van der Waals surface area contributed by atoms with Crippen molar-refractivity contribution in [2.24, 2.45) is 9.98 Å². The van der Waals surface area contributed by atoms with Crippen molar-refractivity contribution in [2.45, 2.75) is 12.6 Å². The van der Waals surface area contributed by atoms with Crippen LogP contribution in [0.2, 0.25) is 0 Å². The van der Waals surface area contributed by atoms with Crippen LogP contribution < -0.4 is 20.5 Å². The summed E-state index contributed by atoms with van der Waals surface area (Å²) in [7, 11) is 0. The van der Waals surface area contributed by atoms with Crippen LogP contribution in [0.25, 0.3) is 0 Å². The zero-order valence-electron chi connectivity index (χ0n) is 19.9. The number of hydrogen-bond acceptors (Lipinski definition) is 4. The van der Waals surface area contributed by atoms with Gasteiger partial charge in [0.25, 0.3) is 0 Å². The van der Waals surface area contributed by atoms with E-state index >= 15 is 0 Å². The van der Waals surface area contributed by atoms with E-state index in [9.17, 15) is 0 Å². The fourth-order valence-electron chi connectivity index (χ4n) is 5.39. The van der Waals surface area contributed by atoms with Crippen molar-refractivity contribution < 1.29 is 0 Å². The summed E-state index contributed by atoms with van der Waals surface area (Å²) < 4.78 is 0. The molecule has 4 heteroatoms. The standard InChI is InChI=1S/C32H24N4/c1-32(23-13-5-2-6-14-23)34-28-22-30-27(21-31(28)36(32)25-17-9-4-10-18-25)33-26-19-11-12-20-29(26)35(30)24-15-7-3-8-16-24/h2-22H,1H3. The van der Waals surface area contributed by atoms with Crippen LogP contribution in [0.5, 0.6) is 0 Å². The Labute approximate surface area is 210 Å². The number of nitrogens with zero attached hydrogens (tertiary/aromatic N) is 4. The Morgan fingerprint density at radius 2 is 1.14 bits per heavy atom. The first-order valence-corrected chi connectivity index (χ1v) is 12.2. The molecule has 0 amide bonds. The Morgan fingerprint density at radius 3 is 1.86 bits per heavy atom. The highest BCUT2D eigenvalue weighted by Gasteiger charge is 2.40. The fourth-order valence-corrected chi connectivity index (χ4v) is 5.39. The molecule has 2 aliphatic heterocycles. The van der Waals surface area contributed by atoms with Gasteiger partial charge in [-0.3, -0.25) is 4.99 Å². The summed E-state index contributed by atoms with van der Waals surface area (Å²) in [6.07, 6.45) is 0. The van der Waals surface area contributed by atoms with Gasteiger partial charge in [0, 0.05) is 11.4 Å². The van der Waals surface area contributed by atoms with Gasteiger partial charge in [0.15, 0.2) is 5.66 Å². The summed E-state index contributed by atoms with van der Waals surface area (Å²) in [6.45, 7) is 2.19. The summed E-state index contributed by atoms with van der Waals surface area (Å²) in [6, 6.07) is 44.2. The average molecular weight is 465 g/mol. The van der Waals surface area contributed by atoms with E-state index < -0.39 is 5.66 Å². The van der Waals surface area contributed by atoms with Gasteiger partial charge in [-0.15, -0.1) is 0 Å². The normalized spacial score (nSPS) is 17.5. The minimum Gasteiger partial charge on any atom is -0.310 e. The minimum absolute atomic E-state index is 0.584. The van der Waals surface area contributed by atoms with Crippen LogP contribution in [-0.2, 0) is 5.66 Å². The molecule has 5 aromatic rings. The van der Waals surface area contributed by atoms with Crippen molar-refractivity contribution in [3.63, 3.8) is 0 Å². The number of benzene rings is 5. The van der Waals surface area contributed by atoms with Crippen molar-refractivity contribution >= 4 is 34.1 Å². The van der Waals surface area contributed by atoms with E-state index in [1.807, 2.05) is 24.3 Å². The number of para-hydroxylation sites is 4. The summed E-state index contributed by atoms with van der Waals surface area (Å²) in [5, 5.41) is 1.89. The van der Waals surface area contributed by atoms with Gasteiger partial charge >= 0.3 is 0 Å². The lowest BCUT2D eigenvalue weighted by Gasteiger charge is -2.36. The van der Waals surface area contributed by atoms with Crippen molar-refractivity contribution in [3.05, 3.63) is 144 Å². The third-order valence-electron chi connectivity index (χ3n) is 7.04. The maximum Gasteiger partial charge on any atom is 0.160 e. The van der Waals surface area contributed by atoms with E-state index in [1.165, 1.54) is 0 Å². The number of fused-ring (bicyclic) bond motifs is 3. The van der Waals surface area contributed by atoms with Gasteiger partial charge in [0.1, 0.15) is 0 Å². The summed E-state index contributed by atoms with van der Waals surface area (Å²) in [5.41, 5.74) is 6.88. The molecule has 0 radical (unpaired) electrons. The van der Waals surface area contributed by atoms with E-state index in [1.54, 1.807) is 0 Å². The van der Waals surface area contributed by atoms with E-state index in [2.05, 4.69) is 120 Å². The quantitative estimate of drug-likeness (QED) is 0.281. The largest absolute Gasteiger partial charge is 0.310 e. The Kier molecular flexibility index (Phi) is 4.55. The highest BCUT2D eigenvalue weighted by molar-refractivity contribution is 5.86. The van der Waals surface area contributed by atoms with Gasteiger partial charge in [-0.05, 0) is 61.0 Å². The Bertz CT molecular complexity index is 1700. The molecule has 0 bridgehead atoms. The molecule has 0 fully saturated rings. The number of rotatable bonds is 3. The molecule has 36 heavy (non-hydrogen) atoms. The highest BCUT2D eigenvalue weighted by Crippen LogP contribution is 2.45. The van der Waals surface area contributed by atoms with Crippen LogP contribution in [0.3, 0.4) is 0 Å². The van der Waals surface area contributed by atoms with Crippen molar-refractivity contribution in [1.29, 1.82) is 0 Å². The second-order valence-electron chi connectivity index (χ2n) is 9.27. The molecule has 0 saturated heterocycles. The van der Waals surface area contributed by atoms with Crippen molar-refractivity contribution in [1.82, 2.24) is 0 Å². The molecule has 2 aliphatic rings. The first-order chi connectivity index (χ1) is 17.7. The molecule has 0 aromatic heterocycles. The molecular formula is C32H24N4. The van der Waals surface area contributed by atoms with Crippen LogP contribution in [0.15, 0.2) is 137 Å². The predicted molar refractivity (Wildman–Crippen MR) is 145 cm³/mol. The van der Waals surface area contributed by atoms with Crippen molar-refractivity contribution in [2.75, 3.05) is 9.80 Å². The van der Waals surface area contributed by atoms with Gasteiger partial charge in [-0.25, -0.2) is 4.99 Å². The second-order valence-corrected chi connectivity index (χ2v) is 9.27. The van der Waals surface area contributed by atoms with Crippen LogP contribution in [0.1, 0.15) is 12.5 Å². The Morgan fingerprint density at radius 1 is 0.556 bits per heavy atom. The second kappa shape index (κ2) is 7.92. The summed E-state index contributed by atoms with van der Waals surface area (Å²) in [4.78, 5) is 15.1. The third-order valence-corrected chi connectivity index (χ3v) is 7.04. The number of hydrogen-bond donors (Lipinski definition) is 0. The lowest BCUT2D eigenvalue weighted by atomic mass is 9.99. The number of anilines is 5. The summed E-state index contributed by atoms with van der Waals surface area (Å²) >= 11 is 0. The van der Waals surface area contributed by atoms with Crippen LogP contribution >= 0.6 is 0 Å². The van der Waals surface area contributed by atoms with Crippen molar-refractivity contribution in [3.8, 4) is 0 Å². The molecule has 0 saturated carbocycles. The molecule has 0 N–H and O–H groups in total. The van der Waals surface area contributed by atoms with Gasteiger partial charge in [0.2, 0.25) is 0 Å². The smallest absolute Gasteiger partial charge is 0.160 e. The van der Waals surface area contributed by atoms with Crippen LogP contribution in [0, 0.1) is 0 Å². The Hall–Kier alpha value is -4.70. The van der Waals surface area contributed by atoms with E-state index in [-0.39, 0.29) is 0 Å². The predicted octanol–water partition coefficient (Wildman–Crippen LogP) is 7.07. The first kappa shape index (κ1) is 20.7. The van der Waals surface area contributed by atoms with Gasteiger partial charge in [-0.1, -0.05) is 78.9 Å².